The Hall–Kier alpha value is -0.610. The van der Waals surface area contributed by atoms with E-state index >= 15 is 0 Å². The standard InChI is InChI=1S/C14H29N3O/c1-12(2)10-17(13(3)4)11-14(18)16-8-6-15(5)7-9-16/h12-13H,6-11H2,1-5H3. The van der Waals surface area contributed by atoms with Gasteiger partial charge in [-0.25, -0.2) is 0 Å². The first kappa shape index (κ1) is 15.4. The highest BCUT2D eigenvalue weighted by molar-refractivity contribution is 5.78. The fraction of sp³-hybridized carbons (Fsp3) is 0.929. The van der Waals surface area contributed by atoms with Crippen LogP contribution in [0.1, 0.15) is 27.7 Å². The second-order valence-corrected chi connectivity index (χ2v) is 6.10. The van der Waals surface area contributed by atoms with Crippen LogP contribution in [0.2, 0.25) is 0 Å². The number of carbonyl (C=O) groups excluding carboxylic acids is 1. The molecule has 0 unspecified atom stereocenters. The lowest BCUT2D eigenvalue weighted by molar-refractivity contribution is -0.134. The van der Waals surface area contributed by atoms with E-state index in [0.29, 0.717) is 18.5 Å². The number of amides is 1. The van der Waals surface area contributed by atoms with Gasteiger partial charge in [0.25, 0.3) is 0 Å². The molecule has 1 aliphatic rings. The van der Waals surface area contributed by atoms with Gasteiger partial charge in [-0.1, -0.05) is 13.8 Å². The SMILES string of the molecule is CC(C)CN(CC(=O)N1CCN(C)CC1)C(C)C. The van der Waals surface area contributed by atoms with Gasteiger partial charge in [-0.2, -0.15) is 0 Å². The van der Waals surface area contributed by atoms with Crippen molar-refractivity contribution < 1.29 is 4.79 Å². The van der Waals surface area contributed by atoms with E-state index in [0.717, 1.165) is 32.7 Å². The van der Waals surface area contributed by atoms with Crippen molar-refractivity contribution in [2.75, 3.05) is 46.3 Å². The van der Waals surface area contributed by atoms with E-state index in [9.17, 15) is 4.79 Å². The van der Waals surface area contributed by atoms with Crippen LogP contribution < -0.4 is 0 Å². The fourth-order valence-electron chi connectivity index (χ4n) is 2.26. The third kappa shape index (κ3) is 4.94. The first-order chi connectivity index (χ1) is 8.40. The zero-order valence-corrected chi connectivity index (χ0v) is 12.6. The topological polar surface area (TPSA) is 26.8 Å². The number of hydrogen-bond acceptors (Lipinski definition) is 3. The highest BCUT2D eigenvalue weighted by Crippen LogP contribution is 2.06. The third-order valence-corrected chi connectivity index (χ3v) is 3.52. The van der Waals surface area contributed by atoms with Gasteiger partial charge >= 0.3 is 0 Å². The molecule has 0 spiro atoms. The van der Waals surface area contributed by atoms with Gasteiger partial charge in [0.05, 0.1) is 6.54 Å². The van der Waals surface area contributed by atoms with Crippen molar-refractivity contribution in [3.8, 4) is 0 Å². The fourth-order valence-corrected chi connectivity index (χ4v) is 2.26. The summed E-state index contributed by atoms with van der Waals surface area (Å²) in [5, 5.41) is 0. The average Bonchev–Trinajstić information content (AvgIpc) is 2.28. The Kier molecular flexibility index (Phi) is 6.09. The van der Waals surface area contributed by atoms with Gasteiger partial charge in [-0.05, 0) is 26.8 Å². The molecule has 106 valence electrons. The highest BCUT2D eigenvalue weighted by atomic mass is 16.2. The minimum Gasteiger partial charge on any atom is -0.339 e. The largest absolute Gasteiger partial charge is 0.339 e. The molecule has 0 aromatic carbocycles. The Labute approximate surface area is 112 Å². The molecule has 0 bridgehead atoms. The van der Waals surface area contributed by atoms with E-state index in [-0.39, 0.29) is 5.91 Å². The van der Waals surface area contributed by atoms with Crippen molar-refractivity contribution >= 4 is 5.91 Å². The predicted octanol–water partition coefficient (Wildman–Crippen LogP) is 1.13. The molecule has 1 saturated heterocycles. The monoisotopic (exact) mass is 255 g/mol. The zero-order valence-electron chi connectivity index (χ0n) is 12.6. The van der Waals surface area contributed by atoms with Gasteiger partial charge in [-0.15, -0.1) is 0 Å². The molecule has 0 aromatic rings. The van der Waals surface area contributed by atoms with E-state index in [1.54, 1.807) is 0 Å². The Morgan fingerprint density at radius 2 is 1.67 bits per heavy atom. The van der Waals surface area contributed by atoms with Crippen molar-refractivity contribution in [2.24, 2.45) is 5.92 Å². The summed E-state index contributed by atoms with van der Waals surface area (Å²) in [7, 11) is 2.11. The highest BCUT2D eigenvalue weighted by Gasteiger charge is 2.22. The van der Waals surface area contributed by atoms with Crippen LogP contribution >= 0.6 is 0 Å². The quantitative estimate of drug-likeness (QED) is 0.737. The van der Waals surface area contributed by atoms with Crippen molar-refractivity contribution in [1.29, 1.82) is 0 Å². The summed E-state index contributed by atoms with van der Waals surface area (Å²) < 4.78 is 0. The predicted molar refractivity (Wildman–Crippen MR) is 75.6 cm³/mol. The summed E-state index contributed by atoms with van der Waals surface area (Å²) in [6.45, 7) is 14.1. The van der Waals surface area contributed by atoms with Crippen molar-refractivity contribution in [3.63, 3.8) is 0 Å². The molecule has 4 heteroatoms. The number of hydrogen-bond donors (Lipinski definition) is 0. The van der Waals surface area contributed by atoms with E-state index in [2.05, 4.69) is 44.5 Å². The maximum Gasteiger partial charge on any atom is 0.236 e. The third-order valence-electron chi connectivity index (χ3n) is 3.52. The van der Waals surface area contributed by atoms with Crippen LogP contribution in [-0.4, -0.2) is 73.0 Å². The molecule has 1 amide bonds. The minimum atomic E-state index is 0.289. The molecule has 0 saturated carbocycles. The van der Waals surface area contributed by atoms with Crippen LogP contribution in [0.25, 0.3) is 0 Å². The Morgan fingerprint density at radius 3 is 2.11 bits per heavy atom. The lowest BCUT2D eigenvalue weighted by Crippen LogP contribution is -2.51. The van der Waals surface area contributed by atoms with Gasteiger partial charge < -0.3 is 9.80 Å². The Morgan fingerprint density at radius 1 is 1.11 bits per heavy atom. The van der Waals surface area contributed by atoms with E-state index in [4.69, 9.17) is 0 Å². The van der Waals surface area contributed by atoms with Crippen LogP contribution in [0.3, 0.4) is 0 Å². The maximum atomic E-state index is 12.3. The Balaban J connectivity index is 2.45. The second-order valence-electron chi connectivity index (χ2n) is 6.10. The molecule has 1 rings (SSSR count). The second kappa shape index (κ2) is 7.10. The van der Waals surface area contributed by atoms with Gasteiger partial charge in [0.1, 0.15) is 0 Å². The molecule has 1 heterocycles. The number of piperazine rings is 1. The summed E-state index contributed by atoms with van der Waals surface area (Å²) in [4.78, 5) is 18.8. The summed E-state index contributed by atoms with van der Waals surface area (Å²) in [6.07, 6.45) is 0. The number of carbonyl (C=O) groups is 1. The van der Waals surface area contributed by atoms with Crippen LogP contribution in [0.15, 0.2) is 0 Å². The van der Waals surface area contributed by atoms with Crippen molar-refractivity contribution in [1.82, 2.24) is 14.7 Å². The molecule has 0 atom stereocenters. The van der Waals surface area contributed by atoms with Crippen LogP contribution in [-0.2, 0) is 4.79 Å². The molecule has 1 aliphatic heterocycles. The van der Waals surface area contributed by atoms with E-state index < -0.39 is 0 Å². The molecule has 0 radical (unpaired) electrons. The molecular formula is C14H29N3O. The Bertz CT molecular complexity index is 258. The maximum absolute atomic E-state index is 12.3. The number of nitrogens with zero attached hydrogens (tertiary/aromatic N) is 3. The lowest BCUT2D eigenvalue weighted by Gasteiger charge is -2.35. The van der Waals surface area contributed by atoms with Crippen LogP contribution in [0, 0.1) is 5.92 Å². The summed E-state index contributed by atoms with van der Waals surface area (Å²) in [5.41, 5.74) is 0. The van der Waals surface area contributed by atoms with Crippen molar-refractivity contribution in [3.05, 3.63) is 0 Å². The van der Waals surface area contributed by atoms with Crippen LogP contribution in [0.5, 0.6) is 0 Å². The minimum absolute atomic E-state index is 0.289. The molecule has 4 nitrogen and oxygen atoms in total. The van der Waals surface area contributed by atoms with Crippen molar-refractivity contribution in [2.45, 2.75) is 33.7 Å². The molecule has 0 N–H and O–H groups in total. The van der Waals surface area contributed by atoms with Gasteiger partial charge in [0, 0.05) is 38.8 Å². The molecule has 1 fully saturated rings. The molecular weight excluding hydrogens is 226 g/mol. The van der Waals surface area contributed by atoms with Gasteiger partial charge in [-0.3, -0.25) is 9.69 Å². The molecule has 0 aromatic heterocycles. The summed E-state index contributed by atoms with van der Waals surface area (Å²) in [6, 6.07) is 0.434. The number of likely N-dealkylation sites (N-methyl/N-ethyl adjacent to an activating group) is 1. The van der Waals surface area contributed by atoms with Gasteiger partial charge in [0.15, 0.2) is 0 Å². The molecule has 18 heavy (non-hydrogen) atoms. The van der Waals surface area contributed by atoms with Crippen LogP contribution in [0.4, 0.5) is 0 Å². The number of rotatable bonds is 5. The summed E-state index contributed by atoms with van der Waals surface area (Å²) >= 11 is 0. The lowest BCUT2D eigenvalue weighted by atomic mass is 10.1. The zero-order chi connectivity index (χ0) is 13.7. The first-order valence-corrected chi connectivity index (χ1v) is 7.10. The smallest absolute Gasteiger partial charge is 0.236 e. The van der Waals surface area contributed by atoms with E-state index in [1.165, 1.54) is 0 Å². The van der Waals surface area contributed by atoms with E-state index in [1.807, 2.05) is 4.90 Å². The summed E-state index contributed by atoms with van der Waals surface area (Å²) in [5.74, 6) is 0.894. The van der Waals surface area contributed by atoms with Gasteiger partial charge in [0.2, 0.25) is 5.91 Å². The first-order valence-electron chi connectivity index (χ1n) is 7.10. The normalized spacial score (nSPS) is 18.1. The average molecular weight is 255 g/mol. The molecule has 0 aliphatic carbocycles.